The minimum Gasteiger partial charge on any atom is -0.342 e. The van der Waals surface area contributed by atoms with E-state index in [4.69, 9.17) is 0 Å². The zero-order valence-corrected chi connectivity index (χ0v) is 17.0. The maximum absolute atomic E-state index is 13.3. The molecule has 0 bridgehead atoms. The Kier molecular flexibility index (Phi) is 5.04. The molecule has 3 fully saturated rings. The number of thioether (sulfide) groups is 1. The fourth-order valence-corrected chi connectivity index (χ4v) is 5.97. The van der Waals surface area contributed by atoms with Gasteiger partial charge in [-0.3, -0.25) is 4.79 Å². The van der Waals surface area contributed by atoms with E-state index in [2.05, 4.69) is 50.2 Å². The van der Waals surface area contributed by atoms with E-state index in [1.807, 2.05) is 11.8 Å². The highest BCUT2D eigenvalue weighted by atomic mass is 32.2. The number of carbonyl (C=O) groups excluding carboxylic acids is 2. The standard InChI is InChI=1S/C19H33N3O2S/c1-12-6-8-22(9-7-12)16(23)19(4,5)18(2,3)10-14-15-13(11-25-14)20-17(24)21-15/h12-15H,6-11H2,1-5H3,(H2,20,21,24). The number of nitrogens with one attached hydrogen (secondary N) is 2. The lowest BCUT2D eigenvalue weighted by atomic mass is 9.64. The van der Waals surface area contributed by atoms with Crippen LogP contribution < -0.4 is 10.6 Å². The average molecular weight is 368 g/mol. The van der Waals surface area contributed by atoms with Crippen molar-refractivity contribution in [2.75, 3.05) is 18.8 Å². The third-order valence-electron chi connectivity index (χ3n) is 6.95. The highest BCUT2D eigenvalue weighted by molar-refractivity contribution is 8.00. The fraction of sp³-hybridized carbons (Fsp3) is 0.895. The summed E-state index contributed by atoms with van der Waals surface area (Å²) < 4.78 is 0. The Morgan fingerprint density at radius 3 is 2.48 bits per heavy atom. The predicted octanol–water partition coefficient (Wildman–Crippen LogP) is 2.85. The number of nitrogens with zero attached hydrogens (tertiary/aromatic N) is 1. The Hall–Kier alpha value is -0.910. The first-order valence-electron chi connectivity index (χ1n) is 9.60. The number of hydrogen-bond acceptors (Lipinski definition) is 3. The summed E-state index contributed by atoms with van der Waals surface area (Å²) in [6.07, 6.45) is 3.16. The number of amides is 3. The molecule has 142 valence electrons. The van der Waals surface area contributed by atoms with Crippen molar-refractivity contribution in [3.05, 3.63) is 0 Å². The summed E-state index contributed by atoms with van der Waals surface area (Å²) in [5, 5.41) is 6.44. The molecule has 3 saturated heterocycles. The molecular weight excluding hydrogens is 334 g/mol. The Bertz CT molecular complexity index is 541. The van der Waals surface area contributed by atoms with Crippen LogP contribution in [0.25, 0.3) is 0 Å². The third-order valence-corrected chi connectivity index (χ3v) is 8.39. The molecule has 3 atom stereocenters. The summed E-state index contributed by atoms with van der Waals surface area (Å²) in [5.41, 5.74) is -0.546. The van der Waals surface area contributed by atoms with Gasteiger partial charge in [0.15, 0.2) is 0 Å². The zero-order chi connectivity index (χ0) is 18.4. The molecule has 3 aliphatic heterocycles. The average Bonchev–Trinajstić information content (AvgIpc) is 3.07. The largest absolute Gasteiger partial charge is 0.342 e. The fourth-order valence-electron chi connectivity index (χ4n) is 4.22. The number of fused-ring (bicyclic) bond motifs is 1. The van der Waals surface area contributed by atoms with Crippen molar-refractivity contribution in [1.29, 1.82) is 0 Å². The van der Waals surface area contributed by atoms with Crippen LogP contribution in [0.2, 0.25) is 0 Å². The molecule has 0 saturated carbocycles. The SMILES string of the molecule is CC1CCN(C(=O)C(C)(C)C(C)(C)CC2SCC3NC(=O)NC32)CC1. The Morgan fingerprint density at radius 2 is 1.84 bits per heavy atom. The molecule has 6 heteroatoms. The smallest absolute Gasteiger partial charge is 0.315 e. The Morgan fingerprint density at radius 1 is 1.20 bits per heavy atom. The van der Waals surface area contributed by atoms with Crippen molar-refractivity contribution >= 4 is 23.7 Å². The van der Waals surface area contributed by atoms with Gasteiger partial charge in [0.1, 0.15) is 0 Å². The topological polar surface area (TPSA) is 61.4 Å². The number of hydrogen-bond donors (Lipinski definition) is 2. The number of piperidine rings is 1. The van der Waals surface area contributed by atoms with Gasteiger partial charge in [-0.05, 0) is 30.6 Å². The van der Waals surface area contributed by atoms with E-state index < -0.39 is 5.41 Å². The number of likely N-dealkylation sites (tertiary alicyclic amines) is 1. The molecule has 0 radical (unpaired) electrons. The second-order valence-corrected chi connectivity index (χ2v) is 10.6. The molecule has 3 unspecified atom stereocenters. The summed E-state index contributed by atoms with van der Waals surface area (Å²) in [5.74, 6) is 1.98. The lowest BCUT2D eigenvalue weighted by Gasteiger charge is -2.46. The first-order chi connectivity index (χ1) is 11.6. The molecule has 5 nitrogen and oxygen atoms in total. The third kappa shape index (κ3) is 3.51. The second kappa shape index (κ2) is 6.67. The Balaban J connectivity index is 1.67. The van der Waals surface area contributed by atoms with Gasteiger partial charge in [0.25, 0.3) is 0 Å². The van der Waals surface area contributed by atoms with Gasteiger partial charge < -0.3 is 15.5 Å². The van der Waals surface area contributed by atoms with E-state index in [0.29, 0.717) is 5.25 Å². The summed E-state index contributed by atoms with van der Waals surface area (Å²) >= 11 is 1.92. The quantitative estimate of drug-likeness (QED) is 0.751. The first-order valence-corrected chi connectivity index (χ1v) is 10.6. The van der Waals surface area contributed by atoms with Crippen molar-refractivity contribution in [2.45, 2.75) is 71.2 Å². The highest BCUT2D eigenvalue weighted by Crippen LogP contribution is 2.48. The van der Waals surface area contributed by atoms with Crippen LogP contribution in [0.1, 0.15) is 53.9 Å². The summed E-state index contributed by atoms with van der Waals surface area (Å²) in [4.78, 5) is 27.0. The number of urea groups is 1. The molecule has 0 aromatic rings. The van der Waals surface area contributed by atoms with E-state index in [1.54, 1.807) is 0 Å². The first kappa shape index (κ1) is 18.9. The molecule has 3 amide bonds. The maximum Gasteiger partial charge on any atom is 0.315 e. The number of carbonyl (C=O) groups is 2. The monoisotopic (exact) mass is 367 g/mol. The van der Waals surface area contributed by atoms with Crippen molar-refractivity contribution in [3.8, 4) is 0 Å². The van der Waals surface area contributed by atoms with Gasteiger partial charge >= 0.3 is 6.03 Å². The van der Waals surface area contributed by atoms with Gasteiger partial charge in [0.2, 0.25) is 5.91 Å². The van der Waals surface area contributed by atoms with Gasteiger partial charge in [-0.15, -0.1) is 0 Å². The minimum atomic E-state index is -0.414. The van der Waals surface area contributed by atoms with Crippen LogP contribution >= 0.6 is 11.8 Å². The van der Waals surface area contributed by atoms with E-state index in [1.165, 1.54) is 0 Å². The lowest BCUT2D eigenvalue weighted by molar-refractivity contribution is -0.148. The van der Waals surface area contributed by atoms with Gasteiger partial charge in [0.05, 0.1) is 12.1 Å². The summed E-state index contributed by atoms with van der Waals surface area (Å²) in [6.45, 7) is 12.7. The van der Waals surface area contributed by atoms with Crippen molar-refractivity contribution in [3.63, 3.8) is 0 Å². The molecule has 3 aliphatic rings. The van der Waals surface area contributed by atoms with Crippen molar-refractivity contribution < 1.29 is 9.59 Å². The van der Waals surface area contributed by atoms with E-state index >= 15 is 0 Å². The van der Waals surface area contributed by atoms with Crippen LogP contribution in [0.5, 0.6) is 0 Å². The molecule has 0 aromatic heterocycles. The summed E-state index contributed by atoms with van der Waals surface area (Å²) in [6, 6.07) is 0.384. The van der Waals surface area contributed by atoms with Crippen molar-refractivity contribution in [1.82, 2.24) is 15.5 Å². The van der Waals surface area contributed by atoms with Gasteiger partial charge in [-0.2, -0.15) is 11.8 Å². The molecule has 3 heterocycles. The van der Waals surface area contributed by atoms with E-state index in [9.17, 15) is 9.59 Å². The second-order valence-electron chi connectivity index (χ2n) is 9.31. The maximum atomic E-state index is 13.3. The van der Waals surface area contributed by atoms with Crippen LogP contribution in [0, 0.1) is 16.7 Å². The van der Waals surface area contributed by atoms with Gasteiger partial charge in [-0.1, -0.05) is 34.6 Å². The molecule has 0 aliphatic carbocycles. The molecule has 25 heavy (non-hydrogen) atoms. The highest BCUT2D eigenvalue weighted by Gasteiger charge is 2.50. The Labute approximate surface area is 156 Å². The number of rotatable bonds is 4. The lowest BCUT2D eigenvalue weighted by Crippen LogP contribution is -2.52. The zero-order valence-electron chi connectivity index (χ0n) is 16.2. The molecule has 3 rings (SSSR count). The van der Waals surface area contributed by atoms with Crippen LogP contribution in [-0.2, 0) is 4.79 Å². The minimum absolute atomic E-state index is 0.0455. The molecule has 0 aromatic carbocycles. The normalized spacial score (nSPS) is 30.8. The van der Waals surface area contributed by atoms with Gasteiger partial charge in [-0.25, -0.2) is 4.79 Å². The van der Waals surface area contributed by atoms with E-state index in [-0.39, 0.29) is 29.4 Å². The van der Waals surface area contributed by atoms with Crippen LogP contribution in [0.15, 0.2) is 0 Å². The van der Waals surface area contributed by atoms with Crippen LogP contribution in [0.3, 0.4) is 0 Å². The molecular formula is C19H33N3O2S. The predicted molar refractivity (Wildman–Crippen MR) is 103 cm³/mol. The van der Waals surface area contributed by atoms with Crippen molar-refractivity contribution in [2.24, 2.45) is 16.7 Å². The van der Waals surface area contributed by atoms with Crippen LogP contribution in [-0.4, -0.2) is 53.0 Å². The molecule has 2 N–H and O–H groups in total. The van der Waals surface area contributed by atoms with Crippen LogP contribution in [0.4, 0.5) is 4.79 Å². The van der Waals surface area contributed by atoms with Gasteiger partial charge in [0, 0.05) is 29.5 Å². The summed E-state index contributed by atoms with van der Waals surface area (Å²) in [7, 11) is 0. The van der Waals surface area contributed by atoms with E-state index in [0.717, 1.165) is 44.0 Å². The molecule has 0 spiro atoms.